The van der Waals surface area contributed by atoms with Crippen LogP contribution in [0.3, 0.4) is 0 Å². The van der Waals surface area contributed by atoms with Gasteiger partial charge in [-0.15, -0.1) is 0 Å². The van der Waals surface area contributed by atoms with E-state index in [1.807, 2.05) is 48.5 Å². The molecule has 26 heavy (non-hydrogen) atoms. The smallest absolute Gasteiger partial charge is 0.166 e. The van der Waals surface area contributed by atoms with Crippen molar-refractivity contribution in [3.05, 3.63) is 86.6 Å². The molecule has 0 N–H and O–H groups in total. The molecule has 4 heteroatoms. The summed E-state index contributed by atoms with van der Waals surface area (Å²) in [6.45, 7) is 0.603. The number of hydrogen-bond donors (Lipinski definition) is 0. The van der Waals surface area contributed by atoms with Gasteiger partial charge >= 0.3 is 0 Å². The third-order valence-electron chi connectivity index (χ3n) is 4.86. The number of rotatable bonds is 2. The van der Waals surface area contributed by atoms with Crippen molar-refractivity contribution in [2.24, 2.45) is 0 Å². The second-order valence-corrected chi connectivity index (χ2v) is 7.41. The zero-order chi connectivity index (χ0) is 18.1. The maximum Gasteiger partial charge on any atom is 0.166 e. The highest BCUT2D eigenvalue weighted by Crippen LogP contribution is 2.40. The van der Waals surface area contributed by atoms with Crippen LogP contribution in [0.4, 0.5) is 0 Å². The van der Waals surface area contributed by atoms with Gasteiger partial charge in [0.25, 0.3) is 0 Å². The van der Waals surface area contributed by atoms with Gasteiger partial charge in [-0.3, -0.25) is 4.79 Å². The van der Waals surface area contributed by atoms with Crippen molar-refractivity contribution in [1.29, 1.82) is 0 Å². The van der Waals surface area contributed by atoms with Gasteiger partial charge in [0.1, 0.15) is 5.76 Å². The van der Waals surface area contributed by atoms with Crippen molar-refractivity contribution in [2.75, 3.05) is 6.61 Å². The van der Waals surface area contributed by atoms with Crippen molar-refractivity contribution < 1.29 is 9.53 Å². The Hall–Kier alpha value is -2.03. The van der Waals surface area contributed by atoms with Crippen LogP contribution in [0.5, 0.6) is 0 Å². The van der Waals surface area contributed by atoms with Crippen molar-refractivity contribution >= 4 is 34.6 Å². The Morgan fingerprint density at radius 3 is 1.96 bits per heavy atom. The minimum atomic E-state index is 0.182. The molecule has 2 nitrogen and oxygen atoms in total. The van der Waals surface area contributed by atoms with Gasteiger partial charge in [-0.1, -0.05) is 47.5 Å². The Morgan fingerprint density at radius 2 is 1.38 bits per heavy atom. The first kappa shape index (κ1) is 17.4. The minimum absolute atomic E-state index is 0.182. The van der Waals surface area contributed by atoms with E-state index in [-0.39, 0.29) is 5.78 Å². The van der Waals surface area contributed by atoms with Crippen molar-refractivity contribution in [3.63, 3.8) is 0 Å². The molecule has 0 unspecified atom stereocenters. The van der Waals surface area contributed by atoms with Crippen molar-refractivity contribution in [1.82, 2.24) is 0 Å². The van der Waals surface area contributed by atoms with Crippen LogP contribution >= 0.6 is 23.2 Å². The normalized spacial score (nSPS) is 17.0. The van der Waals surface area contributed by atoms with Crippen LogP contribution < -0.4 is 0 Å². The maximum atomic E-state index is 12.7. The van der Waals surface area contributed by atoms with Crippen LogP contribution in [0.25, 0.3) is 5.57 Å². The third kappa shape index (κ3) is 3.32. The zero-order valence-corrected chi connectivity index (χ0v) is 15.7. The predicted octanol–water partition coefficient (Wildman–Crippen LogP) is 6.22. The number of benzene rings is 2. The van der Waals surface area contributed by atoms with Crippen molar-refractivity contribution in [3.8, 4) is 0 Å². The fraction of sp³-hybridized carbons (Fsp3) is 0.227. The van der Waals surface area contributed by atoms with Gasteiger partial charge in [-0.25, -0.2) is 0 Å². The molecule has 1 aliphatic carbocycles. The second kappa shape index (κ2) is 7.30. The molecular formula is C22H18Cl2O2. The quantitative estimate of drug-likeness (QED) is 0.613. The largest absolute Gasteiger partial charge is 0.497 e. The van der Waals surface area contributed by atoms with E-state index in [4.69, 9.17) is 27.9 Å². The van der Waals surface area contributed by atoms with Crippen LogP contribution in [-0.4, -0.2) is 12.4 Å². The number of carbonyl (C=O) groups is 1. The average Bonchev–Trinajstić information content (AvgIpc) is 2.65. The molecule has 1 aliphatic heterocycles. The Balaban J connectivity index is 1.97. The number of ketones is 1. The molecule has 1 heterocycles. The van der Waals surface area contributed by atoms with E-state index >= 15 is 0 Å². The fourth-order valence-corrected chi connectivity index (χ4v) is 3.95. The fourth-order valence-electron chi connectivity index (χ4n) is 3.70. The summed E-state index contributed by atoms with van der Waals surface area (Å²) in [6, 6.07) is 15.5. The molecule has 132 valence electrons. The zero-order valence-electron chi connectivity index (χ0n) is 14.2. The van der Waals surface area contributed by atoms with Gasteiger partial charge in [-0.2, -0.15) is 0 Å². The highest BCUT2D eigenvalue weighted by Gasteiger charge is 2.30. The highest BCUT2D eigenvalue weighted by molar-refractivity contribution is 6.31. The Labute approximate surface area is 163 Å². The summed E-state index contributed by atoms with van der Waals surface area (Å²) in [4.78, 5) is 12.7. The Bertz CT molecular complexity index is 855. The topological polar surface area (TPSA) is 26.3 Å². The van der Waals surface area contributed by atoms with Gasteiger partial charge in [0.15, 0.2) is 5.78 Å². The lowest BCUT2D eigenvalue weighted by atomic mass is 9.81. The minimum Gasteiger partial charge on any atom is -0.497 e. The van der Waals surface area contributed by atoms with E-state index in [1.54, 1.807) is 0 Å². The lowest BCUT2D eigenvalue weighted by Crippen LogP contribution is -2.21. The molecule has 4 rings (SSSR count). The molecule has 0 fully saturated rings. The van der Waals surface area contributed by atoms with Gasteiger partial charge in [0.05, 0.1) is 12.2 Å². The average molecular weight is 385 g/mol. The number of ether oxygens (including phenoxy) is 1. The van der Waals surface area contributed by atoms with E-state index in [2.05, 4.69) is 0 Å². The van der Waals surface area contributed by atoms with Crippen LogP contribution in [0.15, 0.2) is 65.4 Å². The molecule has 0 aromatic heterocycles. The number of halogens is 2. The molecule has 2 aliphatic rings. The second-order valence-electron chi connectivity index (χ2n) is 6.54. The third-order valence-corrected chi connectivity index (χ3v) is 5.37. The van der Waals surface area contributed by atoms with Gasteiger partial charge in [0.2, 0.25) is 0 Å². The van der Waals surface area contributed by atoms with Crippen LogP contribution in [-0.2, 0) is 9.53 Å². The van der Waals surface area contributed by atoms with Gasteiger partial charge in [-0.05, 0) is 53.0 Å². The van der Waals surface area contributed by atoms with Gasteiger partial charge in [0, 0.05) is 29.3 Å². The first-order valence-electron chi connectivity index (χ1n) is 8.78. The number of allylic oxidation sites excluding steroid dienone is 2. The number of Topliss-reactive ketones (excluding diaryl/α,β-unsaturated/α-hetero) is 1. The van der Waals surface area contributed by atoms with Crippen LogP contribution in [0, 0.1) is 0 Å². The molecule has 0 saturated carbocycles. The van der Waals surface area contributed by atoms with E-state index in [0.29, 0.717) is 29.5 Å². The molecule has 2 aromatic rings. The van der Waals surface area contributed by atoms with Crippen LogP contribution in [0.2, 0.25) is 10.0 Å². The SMILES string of the molecule is O=C1CCCC2=C1C(=C(c1ccc(Cl)cc1)c1ccc(Cl)cc1)CCO2. The van der Waals surface area contributed by atoms with E-state index in [9.17, 15) is 4.79 Å². The molecule has 0 radical (unpaired) electrons. The molecule has 0 saturated heterocycles. The Kier molecular flexibility index (Phi) is 4.88. The standard InChI is InChI=1S/C22H18Cl2O2/c23-16-8-4-14(5-9-16)21(15-6-10-17(24)11-7-15)18-12-13-26-20-3-1-2-19(25)22(18)20/h4-11H,1-3,12-13H2. The number of hydrogen-bond acceptors (Lipinski definition) is 2. The molecule has 0 amide bonds. The lowest BCUT2D eigenvalue weighted by Gasteiger charge is -2.29. The monoisotopic (exact) mass is 384 g/mol. The van der Waals surface area contributed by atoms with Crippen LogP contribution in [0.1, 0.15) is 36.8 Å². The Morgan fingerprint density at radius 1 is 0.808 bits per heavy atom. The summed E-state index contributed by atoms with van der Waals surface area (Å²) in [6.07, 6.45) is 2.99. The summed E-state index contributed by atoms with van der Waals surface area (Å²) in [7, 11) is 0. The number of carbonyl (C=O) groups excluding carboxylic acids is 1. The highest BCUT2D eigenvalue weighted by atomic mass is 35.5. The summed E-state index contributed by atoms with van der Waals surface area (Å²) in [5, 5.41) is 1.38. The predicted molar refractivity (Wildman–Crippen MR) is 105 cm³/mol. The molecule has 2 aromatic carbocycles. The first-order chi connectivity index (χ1) is 12.6. The summed E-state index contributed by atoms with van der Waals surface area (Å²) < 4.78 is 5.83. The lowest BCUT2D eigenvalue weighted by molar-refractivity contribution is -0.116. The first-order valence-corrected chi connectivity index (χ1v) is 9.53. The summed E-state index contributed by atoms with van der Waals surface area (Å²) in [5.74, 6) is 1.03. The van der Waals surface area contributed by atoms with Crippen molar-refractivity contribution in [2.45, 2.75) is 25.7 Å². The van der Waals surface area contributed by atoms with E-state index in [0.717, 1.165) is 46.4 Å². The molecule has 0 spiro atoms. The van der Waals surface area contributed by atoms with Gasteiger partial charge < -0.3 is 4.74 Å². The maximum absolute atomic E-state index is 12.7. The molecule has 0 bridgehead atoms. The van der Waals surface area contributed by atoms with E-state index in [1.165, 1.54) is 0 Å². The molecule has 0 atom stereocenters. The molecular weight excluding hydrogens is 367 g/mol. The summed E-state index contributed by atoms with van der Waals surface area (Å²) in [5.41, 5.74) is 4.99. The van der Waals surface area contributed by atoms with E-state index < -0.39 is 0 Å². The summed E-state index contributed by atoms with van der Waals surface area (Å²) >= 11 is 12.2.